The number of nitrogens with one attached hydrogen (secondary N) is 4. The van der Waals surface area contributed by atoms with Gasteiger partial charge in [-0.2, -0.15) is 10.2 Å². The molecule has 2 amide bonds. The Labute approximate surface area is 396 Å². The second kappa shape index (κ2) is 23.7. The Bertz CT molecular complexity index is 2470. The van der Waals surface area contributed by atoms with Crippen molar-refractivity contribution in [2.45, 2.75) is 101 Å². The van der Waals surface area contributed by atoms with Gasteiger partial charge in [0.2, 0.25) is 0 Å². The summed E-state index contributed by atoms with van der Waals surface area (Å²) in [6, 6.07) is 27.2. The minimum atomic E-state index is -0.620. The Hall–Kier alpha value is -5.85. The van der Waals surface area contributed by atoms with E-state index in [1.807, 2.05) is 78.9 Å². The van der Waals surface area contributed by atoms with Crippen LogP contribution in [-0.2, 0) is 48.6 Å². The molecule has 354 valence electrons. The van der Waals surface area contributed by atoms with Crippen LogP contribution in [0.2, 0.25) is 5.15 Å². The molecule has 0 spiro atoms. The van der Waals surface area contributed by atoms with Crippen LogP contribution in [0.15, 0.2) is 104 Å². The standard InChI is InChI=1S/C25H30ClN5O3.C25H31N5O3/c1-31(14-20-12-21(15-34-2)30-29-20)25(33)17-5-3-16(4-6-17)11-19-8-9-22(28-19)24(32)18-7-10-23(26)27-13-18;1-30(15-21-13-22(16-33-2)29-28-21)25(32)18-7-5-17(6-8-18)12-20-9-10-23(27-20)24(31)19-4-3-11-26-14-19/h3-7,10,12-13,19,22,24,28,32H,8-9,11,14-15H2,1-2H3,(H,29,30);3-8,11,13-14,20,23-24,27,31H,9-10,12,15-16H2,1-2H3,(H,28,29)/t19-,22+,24+;20-,23+,24+/m00/s1. The SMILES string of the molecule is COCc1cc(CN(C)C(=O)c2ccc(C[C@@H]3CC[C@H]([C@H](O)c4ccc(Cl)nc4)N3)cc2)[nH]n1.COCc1cc(CN(C)C(=O)c2ccc(C[C@@H]3CC[C@H]([C@H](O)c4cccnc4)N3)cc2)[nH]n1. The van der Waals surface area contributed by atoms with E-state index in [0.29, 0.717) is 48.6 Å². The van der Waals surface area contributed by atoms with Crippen LogP contribution in [-0.4, -0.2) is 115 Å². The molecule has 2 aliphatic rings. The fourth-order valence-electron chi connectivity index (χ4n) is 8.75. The maximum Gasteiger partial charge on any atom is 0.253 e. The number of carbonyl (C=O) groups is 2. The molecule has 0 aliphatic carbocycles. The van der Waals surface area contributed by atoms with Crippen molar-refractivity contribution in [1.29, 1.82) is 0 Å². The molecule has 6 atom stereocenters. The second-order valence-electron chi connectivity index (χ2n) is 17.4. The Balaban J connectivity index is 0.000000199. The molecule has 2 aromatic carbocycles. The highest BCUT2D eigenvalue weighted by Gasteiger charge is 2.31. The number of aliphatic hydroxyl groups excluding tert-OH is 2. The van der Waals surface area contributed by atoms with Gasteiger partial charge in [-0.05, 0) is 98.2 Å². The molecule has 6 heterocycles. The van der Waals surface area contributed by atoms with Crippen LogP contribution >= 0.6 is 11.6 Å². The lowest BCUT2D eigenvalue weighted by molar-refractivity contribution is 0.0776. The van der Waals surface area contributed by atoms with E-state index in [2.05, 4.69) is 41.0 Å². The Kier molecular flexibility index (Phi) is 17.4. The molecule has 6 aromatic rings. The van der Waals surface area contributed by atoms with Crippen molar-refractivity contribution < 1.29 is 29.3 Å². The Morgan fingerprint density at radius 2 is 1.16 bits per heavy atom. The molecule has 0 saturated carbocycles. The first-order valence-corrected chi connectivity index (χ1v) is 23.0. The summed E-state index contributed by atoms with van der Waals surface area (Å²) in [6.45, 7) is 1.76. The highest BCUT2D eigenvalue weighted by atomic mass is 35.5. The molecule has 0 bridgehead atoms. The van der Waals surface area contributed by atoms with Gasteiger partial charge in [0, 0.05) is 93.3 Å². The van der Waals surface area contributed by atoms with Crippen LogP contribution in [0.3, 0.4) is 0 Å². The van der Waals surface area contributed by atoms with E-state index in [4.69, 9.17) is 21.1 Å². The van der Waals surface area contributed by atoms with Crippen LogP contribution in [0, 0.1) is 0 Å². The lowest BCUT2D eigenvalue weighted by Gasteiger charge is -2.20. The molecule has 16 nitrogen and oxygen atoms in total. The van der Waals surface area contributed by atoms with Crippen molar-refractivity contribution in [1.82, 2.24) is 50.8 Å². The van der Waals surface area contributed by atoms with Gasteiger partial charge < -0.3 is 40.1 Å². The van der Waals surface area contributed by atoms with E-state index >= 15 is 0 Å². The van der Waals surface area contributed by atoms with E-state index in [1.54, 1.807) is 62.8 Å². The molecule has 8 rings (SSSR count). The van der Waals surface area contributed by atoms with Crippen LogP contribution in [0.4, 0.5) is 0 Å². The lowest BCUT2D eigenvalue weighted by Crippen LogP contribution is -2.35. The maximum absolute atomic E-state index is 12.8. The molecule has 0 radical (unpaired) electrons. The average molecular weight is 934 g/mol. The third kappa shape index (κ3) is 13.6. The monoisotopic (exact) mass is 932 g/mol. The zero-order chi connectivity index (χ0) is 47.3. The fourth-order valence-corrected chi connectivity index (χ4v) is 8.87. The number of hydrogen-bond donors (Lipinski definition) is 6. The van der Waals surface area contributed by atoms with Gasteiger partial charge in [0.25, 0.3) is 11.8 Å². The number of benzene rings is 2. The predicted octanol–water partition coefficient (Wildman–Crippen LogP) is 5.89. The van der Waals surface area contributed by atoms with Gasteiger partial charge in [-0.15, -0.1) is 0 Å². The number of aromatic amines is 2. The molecule has 4 aromatic heterocycles. The summed E-state index contributed by atoms with van der Waals surface area (Å²) in [5.74, 6) is -0.0868. The largest absolute Gasteiger partial charge is 0.387 e. The molecule has 6 N–H and O–H groups in total. The van der Waals surface area contributed by atoms with Gasteiger partial charge in [-0.25, -0.2) is 4.98 Å². The molecule has 0 unspecified atom stereocenters. The zero-order valence-electron chi connectivity index (χ0n) is 38.4. The van der Waals surface area contributed by atoms with Crippen LogP contribution < -0.4 is 10.6 Å². The first kappa shape index (κ1) is 49.1. The summed E-state index contributed by atoms with van der Waals surface area (Å²) in [4.78, 5) is 37.1. The van der Waals surface area contributed by atoms with E-state index in [0.717, 1.165) is 78.0 Å². The molecule has 2 fully saturated rings. The predicted molar refractivity (Wildman–Crippen MR) is 254 cm³/mol. The minimum Gasteiger partial charge on any atom is -0.387 e. The Morgan fingerprint density at radius 1 is 0.687 bits per heavy atom. The summed E-state index contributed by atoms with van der Waals surface area (Å²) >= 11 is 5.84. The molecule has 17 heteroatoms. The highest BCUT2D eigenvalue weighted by molar-refractivity contribution is 6.29. The number of ether oxygens (including phenoxy) is 2. The molecular weight excluding hydrogens is 872 g/mol. The van der Waals surface area contributed by atoms with Crippen molar-refractivity contribution in [3.8, 4) is 0 Å². The minimum absolute atomic E-state index is 0.0191. The number of methoxy groups -OCH3 is 2. The smallest absolute Gasteiger partial charge is 0.253 e. The maximum atomic E-state index is 12.8. The molecule has 67 heavy (non-hydrogen) atoms. The van der Waals surface area contributed by atoms with Crippen molar-refractivity contribution >= 4 is 23.4 Å². The van der Waals surface area contributed by atoms with Crippen molar-refractivity contribution in [3.05, 3.63) is 165 Å². The number of nitrogens with zero attached hydrogens (tertiary/aromatic N) is 6. The Morgan fingerprint density at radius 3 is 1.58 bits per heavy atom. The van der Waals surface area contributed by atoms with Crippen molar-refractivity contribution in [2.24, 2.45) is 0 Å². The number of aliphatic hydroxyl groups is 2. The molecule has 2 saturated heterocycles. The van der Waals surface area contributed by atoms with Gasteiger partial charge in [0.05, 0.1) is 61.3 Å². The van der Waals surface area contributed by atoms with Crippen molar-refractivity contribution in [3.63, 3.8) is 0 Å². The molecule has 2 aliphatic heterocycles. The normalized spacial score (nSPS) is 18.8. The van der Waals surface area contributed by atoms with E-state index < -0.39 is 12.2 Å². The van der Waals surface area contributed by atoms with Gasteiger partial charge in [0.15, 0.2) is 0 Å². The number of carbonyl (C=O) groups excluding carboxylic acids is 2. The quantitative estimate of drug-likeness (QED) is 0.0558. The summed E-state index contributed by atoms with van der Waals surface area (Å²) in [5.41, 5.74) is 8.57. The van der Waals surface area contributed by atoms with Gasteiger partial charge in [-0.1, -0.05) is 48.0 Å². The first-order chi connectivity index (χ1) is 32.5. The summed E-state index contributed by atoms with van der Waals surface area (Å²) < 4.78 is 10.2. The lowest BCUT2D eigenvalue weighted by atomic mass is 10.0. The van der Waals surface area contributed by atoms with Crippen LogP contribution in [0.1, 0.15) is 104 Å². The number of pyridine rings is 2. The van der Waals surface area contributed by atoms with Gasteiger partial charge in [-0.3, -0.25) is 24.8 Å². The van der Waals surface area contributed by atoms with Crippen LogP contribution in [0.25, 0.3) is 0 Å². The number of amides is 2. The number of H-pyrrole nitrogens is 2. The van der Waals surface area contributed by atoms with Gasteiger partial charge in [0.1, 0.15) is 5.15 Å². The summed E-state index contributed by atoms with van der Waals surface area (Å²) in [5, 5.41) is 43.1. The van der Waals surface area contributed by atoms with E-state index in [1.165, 1.54) is 5.56 Å². The molecular formula is C50H61ClN10O6. The number of halogens is 1. The van der Waals surface area contributed by atoms with Crippen molar-refractivity contribution in [2.75, 3.05) is 28.3 Å². The fraction of sp³-hybridized carbons (Fsp3) is 0.400. The average Bonchev–Trinajstić information content (AvgIpc) is 4.19. The van der Waals surface area contributed by atoms with Gasteiger partial charge >= 0.3 is 0 Å². The number of aromatic nitrogens is 6. The number of rotatable bonds is 18. The summed E-state index contributed by atoms with van der Waals surface area (Å²) in [7, 11) is 6.80. The topological polar surface area (TPSA) is 207 Å². The zero-order valence-corrected chi connectivity index (χ0v) is 39.2. The third-order valence-corrected chi connectivity index (χ3v) is 12.5. The summed E-state index contributed by atoms with van der Waals surface area (Å²) in [6.07, 6.45) is 9.35. The first-order valence-electron chi connectivity index (χ1n) is 22.6. The van der Waals surface area contributed by atoms with Crippen LogP contribution in [0.5, 0.6) is 0 Å². The third-order valence-electron chi connectivity index (χ3n) is 12.3. The highest BCUT2D eigenvalue weighted by Crippen LogP contribution is 2.28. The van der Waals surface area contributed by atoms with E-state index in [9.17, 15) is 19.8 Å². The number of hydrogen-bond acceptors (Lipinski definition) is 12. The van der Waals surface area contributed by atoms with E-state index in [-0.39, 0.29) is 29.9 Å². The second-order valence-corrected chi connectivity index (χ2v) is 17.8.